The van der Waals surface area contributed by atoms with Crippen LogP contribution in [0.3, 0.4) is 0 Å². The van der Waals surface area contributed by atoms with Crippen LogP contribution in [0.5, 0.6) is 0 Å². The third-order valence-corrected chi connectivity index (χ3v) is 4.05. The Kier molecular flexibility index (Phi) is 4.63. The largest absolute Gasteiger partial charge is 0.176 e. The van der Waals surface area contributed by atoms with Crippen molar-refractivity contribution in [2.24, 2.45) is 17.0 Å². The minimum absolute atomic E-state index is 0.0956. The van der Waals surface area contributed by atoms with E-state index in [4.69, 9.17) is 5.53 Å². The second-order valence-corrected chi connectivity index (χ2v) is 5.11. The molecule has 0 bridgehead atoms. The minimum Gasteiger partial charge on any atom is -0.176 e. The first-order valence-electron chi connectivity index (χ1n) is 5.37. The van der Waals surface area contributed by atoms with Crippen molar-refractivity contribution in [1.29, 1.82) is 0 Å². The maximum absolute atomic E-state index is 8.44. The van der Waals surface area contributed by atoms with Crippen LogP contribution >= 0.6 is 12.6 Å². The van der Waals surface area contributed by atoms with Gasteiger partial charge in [0.15, 0.2) is 0 Å². The van der Waals surface area contributed by atoms with Crippen LogP contribution in [0, 0.1) is 11.8 Å². The topological polar surface area (TPSA) is 48.8 Å². The highest BCUT2D eigenvalue weighted by Crippen LogP contribution is 2.30. The summed E-state index contributed by atoms with van der Waals surface area (Å²) in [4.78, 5) is 2.90. The van der Waals surface area contributed by atoms with Crippen molar-refractivity contribution < 1.29 is 0 Å². The van der Waals surface area contributed by atoms with Gasteiger partial charge >= 0.3 is 0 Å². The molecule has 4 heteroatoms. The fraction of sp³-hybridized carbons (Fsp3) is 1.00. The van der Waals surface area contributed by atoms with Gasteiger partial charge in [-0.3, -0.25) is 0 Å². The Bertz CT molecular complexity index is 225. The second-order valence-electron chi connectivity index (χ2n) is 4.45. The number of nitrogens with zero attached hydrogens (tertiary/aromatic N) is 3. The van der Waals surface area contributed by atoms with Crippen molar-refractivity contribution in [3.63, 3.8) is 0 Å². The molecule has 0 heterocycles. The predicted molar refractivity (Wildman–Crippen MR) is 62.5 cm³/mol. The van der Waals surface area contributed by atoms with E-state index in [0.29, 0.717) is 0 Å². The molecule has 0 aromatic carbocycles. The fourth-order valence-electron chi connectivity index (χ4n) is 2.02. The molecule has 4 atom stereocenters. The molecule has 1 saturated carbocycles. The van der Waals surface area contributed by atoms with Crippen LogP contribution < -0.4 is 0 Å². The zero-order valence-corrected chi connectivity index (χ0v) is 9.82. The summed E-state index contributed by atoms with van der Waals surface area (Å²) in [5.41, 5.74) is 8.44. The summed E-state index contributed by atoms with van der Waals surface area (Å²) in [7, 11) is 0. The van der Waals surface area contributed by atoms with E-state index in [2.05, 4.69) is 36.5 Å². The van der Waals surface area contributed by atoms with E-state index in [1.165, 1.54) is 6.42 Å². The molecule has 0 N–H and O–H groups in total. The van der Waals surface area contributed by atoms with Crippen LogP contribution in [-0.4, -0.2) is 11.3 Å². The predicted octanol–water partition coefficient (Wildman–Crippen LogP) is 3.81. The van der Waals surface area contributed by atoms with Gasteiger partial charge in [-0.1, -0.05) is 25.4 Å². The highest BCUT2D eigenvalue weighted by molar-refractivity contribution is 7.81. The third kappa shape index (κ3) is 3.10. The average molecular weight is 213 g/mol. The molecule has 0 radical (unpaired) electrons. The zero-order chi connectivity index (χ0) is 10.6. The van der Waals surface area contributed by atoms with E-state index in [1.54, 1.807) is 0 Å². The molecule has 1 fully saturated rings. The van der Waals surface area contributed by atoms with Gasteiger partial charge in [0.2, 0.25) is 0 Å². The molecule has 0 aliphatic heterocycles. The van der Waals surface area contributed by atoms with Gasteiger partial charge in [-0.05, 0) is 36.6 Å². The van der Waals surface area contributed by atoms with E-state index >= 15 is 0 Å². The van der Waals surface area contributed by atoms with E-state index in [-0.39, 0.29) is 11.3 Å². The summed E-state index contributed by atoms with van der Waals surface area (Å²) in [5, 5.41) is 4.08. The number of thiol groups is 1. The first-order valence-corrected chi connectivity index (χ1v) is 5.89. The van der Waals surface area contributed by atoms with E-state index < -0.39 is 0 Å². The Morgan fingerprint density at radius 2 is 1.71 bits per heavy atom. The lowest BCUT2D eigenvalue weighted by atomic mass is 9.82. The molecule has 1 aliphatic rings. The van der Waals surface area contributed by atoms with E-state index in [0.717, 1.165) is 31.1 Å². The monoisotopic (exact) mass is 213 g/mol. The Balaban J connectivity index is 2.59. The van der Waals surface area contributed by atoms with Crippen molar-refractivity contribution in [2.75, 3.05) is 0 Å². The van der Waals surface area contributed by atoms with Crippen LogP contribution in [-0.2, 0) is 0 Å². The molecule has 0 aromatic rings. The summed E-state index contributed by atoms with van der Waals surface area (Å²) >= 11 is 4.51. The maximum atomic E-state index is 8.44. The number of hydrogen-bond donors (Lipinski definition) is 1. The lowest BCUT2D eigenvalue weighted by Gasteiger charge is -2.28. The van der Waals surface area contributed by atoms with Crippen LogP contribution in [0.4, 0.5) is 0 Å². The summed E-state index contributed by atoms with van der Waals surface area (Å²) in [5.74, 6) is 1.52. The lowest BCUT2D eigenvalue weighted by Crippen LogP contribution is -2.25. The van der Waals surface area contributed by atoms with E-state index in [9.17, 15) is 0 Å². The van der Waals surface area contributed by atoms with Gasteiger partial charge in [0.05, 0.1) is 0 Å². The molecule has 80 valence electrons. The Labute approximate surface area is 91.3 Å². The van der Waals surface area contributed by atoms with Gasteiger partial charge in [0, 0.05) is 16.2 Å². The van der Waals surface area contributed by atoms with Gasteiger partial charge in [-0.25, -0.2) is 0 Å². The molecule has 3 nitrogen and oxygen atoms in total. The lowest BCUT2D eigenvalue weighted by molar-refractivity contribution is 0.291. The fourth-order valence-corrected chi connectivity index (χ4v) is 2.38. The number of azide groups is 1. The van der Waals surface area contributed by atoms with Gasteiger partial charge in [-0.15, -0.1) is 0 Å². The Hall–Kier alpha value is -0.340. The molecule has 0 aromatic heterocycles. The van der Waals surface area contributed by atoms with E-state index in [1.807, 2.05) is 0 Å². The average Bonchev–Trinajstić information content (AvgIpc) is 2.18. The van der Waals surface area contributed by atoms with Crippen molar-refractivity contribution in [2.45, 2.75) is 50.8 Å². The minimum atomic E-state index is 0.0956. The van der Waals surface area contributed by atoms with Crippen molar-refractivity contribution in [1.82, 2.24) is 0 Å². The maximum Gasteiger partial charge on any atom is 0.0490 e. The first kappa shape index (κ1) is 11.7. The Morgan fingerprint density at radius 1 is 1.14 bits per heavy atom. The summed E-state index contributed by atoms with van der Waals surface area (Å²) in [6, 6.07) is 0.0956. The second kappa shape index (κ2) is 5.52. The van der Waals surface area contributed by atoms with Crippen molar-refractivity contribution >= 4 is 12.6 Å². The summed E-state index contributed by atoms with van der Waals surface area (Å²) in [6.07, 6.45) is 4.41. The third-order valence-electron chi connectivity index (χ3n) is 3.45. The molecule has 0 amide bonds. The normalized spacial score (nSPS) is 39.4. The van der Waals surface area contributed by atoms with Gasteiger partial charge < -0.3 is 0 Å². The standard InChI is InChI=1S/C10H19N3S/c1-7-3-5-9(12-13-11)10(14)6-4-8(7)2/h7-10,14H,3-6H2,1-2H3/t7-,8-,9-,10-/m1/s1. The first-order chi connectivity index (χ1) is 6.65. The van der Waals surface area contributed by atoms with Gasteiger partial charge in [-0.2, -0.15) is 12.6 Å². The quantitative estimate of drug-likeness (QED) is 0.298. The van der Waals surface area contributed by atoms with Crippen LogP contribution in [0.25, 0.3) is 10.4 Å². The number of hydrogen-bond acceptors (Lipinski definition) is 2. The van der Waals surface area contributed by atoms with Gasteiger partial charge in [0.25, 0.3) is 0 Å². The summed E-state index contributed by atoms with van der Waals surface area (Å²) in [6.45, 7) is 4.59. The van der Waals surface area contributed by atoms with Crippen LogP contribution in [0.2, 0.25) is 0 Å². The highest BCUT2D eigenvalue weighted by atomic mass is 32.1. The van der Waals surface area contributed by atoms with Crippen LogP contribution in [0.1, 0.15) is 39.5 Å². The molecule has 1 rings (SSSR count). The highest BCUT2D eigenvalue weighted by Gasteiger charge is 2.24. The molecule has 0 saturated heterocycles. The van der Waals surface area contributed by atoms with Crippen LogP contribution in [0.15, 0.2) is 5.11 Å². The smallest absolute Gasteiger partial charge is 0.0490 e. The van der Waals surface area contributed by atoms with Crippen molar-refractivity contribution in [3.05, 3.63) is 10.4 Å². The molecular formula is C10H19N3S. The summed E-state index contributed by atoms with van der Waals surface area (Å²) < 4.78 is 0. The molecule has 1 aliphatic carbocycles. The molecular weight excluding hydrogens is 194 g/mol. The van der Waals surface area contributed by atoms with Crippen molar-refractivity contribution in [3.8, 4) is 0 Å². The number of rotatable bonds is 1. The molecule has 0 unspecified atom stereocenters. The Morgan fingerprint density at radius 3 is 2.29 bits per heavy atom. The van der Waals surface area contributed by atoms with Gasteiger partial charge in [0.1, 0.15) is 0 Å². The molecule has 14 heavy (non-hydrogen) atoms. The SMILES string of the molecule is C[C@@H]1CC[C@@H](S)[C@H](N=[N+]=[N-])CC[C@H]1C. The molecule has 0 spiro atoms. The zero-order valence-electron chi connectivity index (χ0n) is 8.93.